The van der Waals surface area contributed by atoms with E-state index in [0.29, 0.717) is 5.75 Å². The van der Waals surface area contributed by atoms with Crippen LogP contribution in [-0.4, -0.2) is 18.8 Å². The van der Waals surface area contributed by atoms with E-state index in [9.17, 15) is 13.6 Å². The van der Waals surface area contributed by atoms with Crippen LogP contribution in [0.1, 0.15) is 16.8 Å². The van der Waals surface area contributed by atoms with E-state index in [1.165, 1.54) is 31.4 Å². The number of hydrogen-bond donors (Lipinski definition) is 0. The van der Waals surface area contributed by atoms with Crippen molar-refractivity contribution in [1.82, 2.24) is 0 Å². The van der Waals surface area contributed by atoms with Crippen molar-refractivity contribution in [3.05, 3.63) is 42.5 Å². The molecule has 0 atom stereocenters. The first-order valence-corrected chi connectivity index (χ1v) is 4.69. The Balaban J connectivity index is 2.91. The second-order valence-corrected chi connectivity index (χ2v) is 3.25. The SMILES string of the molecule is C=CCC(F)(F)C(=O)c1ccc(OC)cc1. The van der Waals surface area contributed by atoms with E-state index in [1.54, 1.807) is 0 Å². The summed E-state index contributed by atoms with van der Waals surface area (Å²) < 4.78 is 31.3. The average molecular weight is 226 g/mol. The summed E-state index contributed by atoms with van der Waals surface area (Å²) >= 11 is 0. The van der Waals surface area contributed by atoms with Crippen molar-refractivity contribution in [3.8, 4) is 5.75 Å². The molecule has 1 aromatic rings. The van der Waals surface area contributed by atoms with Crippen molar-refractivity contribution in [1.29, 1.82) is 0 Å². The maximum absolute atomic E-state index is 13.2. The molecule has 0 fully saturated rings. The summed E-state index contributed by atoms with van der Waals surface area (Å²) in [5.41, 5.74) is -0.0346. The molecule has 0 aliphatic carbocycles. The molecular weight excluding hydrogens is 214 g/mol. The standard InChI is InChI=1S/C12H12F2O2/c1-3-8-12(13,14)11(15)9-4-6-10(16-2)7-5-9/h3-7H,1,8H2,2H3. The molecule has 86 valence electrons. The number of alkyl halides is 2. The number of rotatable bonds is 5. The van der Waals surface area contributed by atoms with Crippen LogP contribution in [0.5, 0.6) is 5.75 Å². The Morgan fingerprint density at radius 3 is 2.44 bits per heavy atom. The molecular formula is C12H12F2O2. The molecule has 4 heteroatoms. The number of ketones is 1. The quantitative estimate of drug-likeness (QED) is 0.569. The molecule has 0 saturated heterocycles. The lowest BCUT2D eigenvalue weighted by Gasteiger charge is -2.12. The molecule has 16 heavy (non-hydrogen) atoms. The summed E-state index contributed by atoms with van der Waals surface area (Å²) in [6, 6.07) is 5.57. The number of Topliss-reactive ketones (excluding diaryl/α,β-unsaturated/α-hetero) is 1. The Labute approximate surface area is 92.5 Å². The van der Waals surface area contributed by atoms with Gasteiger partial charge in [-0.2, -0.15) is 8.78 Å². The molecule has 0 saturated carbocycles. The molecule has 2 nitrogen and oxygen atoms in total. The number of methoxy groups -OCH3 is 1. The van der Waals surface area contributed by atoms with E-state index < -0.39 is 18.1 Å². The lowest BCUT2D eigenvalue weighted by molar-refractivity contribution is 0.0123. The number of ether oxygens (including phenoxy) is 1. The summed E-state index contributed by atoms with van der Waals surface area (Å²) in [6.45, 7) is 3.20. The Bertz CT molecular complexity index is 383. The van der Waals surface area contributed by atoms with E-state index in [1.807, 2.05) is 0 Å². The van der Waals surface area contributed by atoms with E-state index >= 15 is 0 Å². The molecule has 0 N–H and O–H groups in total. The maximum Gasteiger partial charge on any atom is 0.313 e. The molecule has 0 amide bonds. The van der Waals surface area contributed by atoms with Crippen LogP contribution in [0.4, 0.5) is 8.78 Å². The molecule has 0 radical (unpaired) electrons. The maximum atomic E-state index is 13.2. The van der Waals surface area contributed by atoms with Gasteiger partial charge in [-0.05, 0) is 24.3 Å². The van der Waals surface area contributed by atoms with Crippen LogP contribution in [0.25, 0.3) is 0 Å². The molecule has 1 aromatic carbocycles. The van der Waals surface area contributed by atoms with Crippen molar-refractivity contribution >= 4 is 5.78 Å². The van der Waals surface area contributed by atoms with Crippen LogP contribution in [-0.2, 0) is 0 Å². The summed E-state index contributed by atoms with van der Waals surface area (Å²) in [4.78, 5) is 11.4. The third kappa shape index (κ3) is 2.66. The van der Waals surface area contributed by atoms with Crippen molar-refractivity contribution in [2.45, 2.75) is 12.3 Å². The van der Waals surface area contributed by atoms with Crippen LogP contribution in [0, 0.1) is 0 Å². The molecule has 0 aliphatic heterocycles. The van der Waals surface area contributed by atoms with Crippen molar-refractivity contribution in [2.24, 2.45) is 0 Å². The number of allylic oxidation sites excluding steroid dienone is 1. The topological polar surface area (TPSA) is 26.3 Å². The first kappa shape index (κ1) is 12.4. The highest BCUT2D eigenvalue weighted by molar-refractivity contribution is 6.01. The fourth-order valence-electron chi connectivity index (χ4n) is 1.23. The van der Waals surface area contributed by atoms with Gasteiger partial charge in [-0.25, -0.2) is 0 Å². The molecule has 0 spiro atoms. The fourth-order valence-corrected chi connectivity index (χ4v) is 1.23. The minimum Gasteiger partial charge on any atom is -0.497 e. The minimum absolute atomic E-state index is 0.0346. The fraction of sp³-hybridized carbons (Fsp3) is 0.250. The summed E-state index contributed by atoms with van der Waals surface area (Å²) in [6.07, 6.45) is 0.374. The van der Waals surface area contributed by atoms with E-state index in [0.717, 1.165) is 6.08 Å². The first-order valence-electron chi connectivity index (χ1n) is 4.69. The highest BCUT2D eigenvalue weighted by Crippen LogP contribution is 2.25. The van der Waals surface area contributed by atoms with Gasteiger partial charge in [0.2, 0.25) is 5.78 Å². The van der Waals surface area contributed by atoms with Crippen molar-refractivity contribution in [2.75, 3.05) is 7.11 Å². The van der Waals surface area contributed by atoms with Gasteiger partial charge in [0.1, 0.15) is 5.75 Å². The Hall–Kier alpha value is -1.71. The molecule has 0 bridgehead atoms. The van der Waals surface area contributed by atoms with Gasteiger partial charge < -0.3 is 4.74 Å². The predicted molar refractivity (Wildman–Crippen MR) is 57.1 cm³/mol. The highest BCUT2D eigenvalue weighted by Gasteiger charge is 2.37. The summed E-state index contributed by atoms with van der Waals surface area (Å²) in [5.74, 6) is -4.07. The van der Waals surface area contributed by atoms with Crippen LogP contribution in [0.3, 0.4) is 0 Å². The van der Waals surface area contributed by atoms with Gasteiger partial charge >= 0.3 is 5.92 Å². The third-order valence-electron chi connectivity index (χ3n) is 2.09. The van der Waals surface area contributed by atoms with Gasteiger partial charge in [0.25, 0.3) is 0 Å². The second kappa shape index (κ2) is 4.88. The smallest absolute Gasteiger partial charge is 0.313 e. The molecule has 0 unspecified atom stereocenters. The van der Waals surface area contributed by atoms with Gasteiger partial charge in [-0.15, -0.1) is 6.58 Å². The average Bonchev–Trinajstić information content (AvgIpc) is 2.28. The Morgan fingerprint density at radius 1 is 1.44 bits per heavy atom. The number of carbonyl (C=O) groups is 1. The lowest BCUT2D eigenvalue weighted by Crippen LogP contribution is -2.27. The first-order chi connectivity index (χ1) is 7.51. The zero-order valence-corrected chi connectivity index (χ0v) is 8.87. The van der Waals surface area contributed by atoms with E-state index in [-0.39, 0.29) is 5.56 Å². The van der Waals surface area contributed by atoms with Crippen molar-refractivity contribution < 1.29 is 18.3 Å². The van der Waals surface area contributed by atoms with Crippen LogP contribution in [0.15, 0.2) is 36.9 Å². The normalized spacial score (nSPS) is 10.9. The summed E-state index contributed by atoms with van der Waals surface area (Å²) in [5, 5.41) is 0. The van der Waals surface area contributed by atoms with Gasteiger partial charge in [-0.3, -0.25) is 4.79 Å². The molecule has 0 heterocycles. The predicted octanol–water partition coefficient (Wildman–Crippen LogP) is 3.09. The monoisotopic (exact) mass is 226 g/mol. The molecule has 1 rings (SSSR count). The highest BCUT2D eigenvalue weighted by atomic mass is 19.3. The lowest BCUT2D eigenvalue weighted by atomic mass is 10.0. The van der Waals surface area contributed by atoms with Gasteiger partial charge in [0.15, 0.2) is 0 Å². The minimum atomic E-state index is -3.39. The van der Waals surface area contributed by atoms with Crippen molar-refractivity contribution in [3.63, 3.8) is 0 Å². The number of halogens is 2. The van der Waals surface area contributed by atoms with E-state index in [4.69, 9.17) is 4.74 Å². The second-order valence-electron chi connectivity index (χ2n) is 3.25. The third-order valence-corrected chi connectivity index (χ3v) is 2.09. The largest absolute Gasteiger partial charge is 0.497 e. The number of carbonyl (C=O) groups excluding carboxylic acids is 1. The molecule has 0 aromatic heterocycles. The Kier molecular flexibility index (Phi) is 3.77. The Morgan fingerprint density at radius 2 is 2.00 bits per heavy atom. The van der Waals surface area contributed by atoms with Crippen LogP contribution in [0.2, 0.25) is 0 Å². The zero-order chi connectivity index (χ0) is 12.2. The summed E-state index contributed by atoms with van der Waals surface area (Å²) in [7, 11) is 1.46. The number of hydrogen-bond acceptors (Lipinski definition) is 2. The zero-order valence-electron chi connectivity index (χ0n) is 8.87. The van der Waals surface area contributed by atoms with Gasteiger partial charge in [0.05, 0.1) is 7.11 Å². The van der Waals surface area contributed by atoms with Gasteiger partial charge in [0, 0.05) is 12.0 Å². The van der Waals surface area contributed by atoms with Crippen LogP contribution >= 0.6 is 0 Å². The molecule has 0 aliphatic rings. The van der Waals surface area contributed by atoms with Crippen LogP contribution < -0.4 is 4.74 Å². The van der Waals surface area contributed by atoms with Gasteiger partial charge in [-0.1, -0.05) is 6.08 Å². The number of benzene rings is 1. The van der Waals surface area contributed by atoms with E-state index in [2.05, 4.69) is 6.58 Å².